The van der Waals surface area contributed by atoms with E-state index in [1.54, 1.807) is 0 Å². The molecule has 5 heteroatoms. The highest BCUT2D eigenvalue weighted by Gasteiger charge is 2.13. The Hall–Kier alpha value is 0.110. The number of rotatable bonds is 9. The minimum Gasteiger partial charge on any atom is -0.324 e. The Kier molecular flexibility index (Phi) is 8.34. The van der Waals surface area contributed by atoms with E-state index in [4.69, 9.17) is 9.79 Å². The average molecular weight is 237 g/mol. The van der Waals surface area contributed by atoms with Crippen molar-refractivity contribution in [2.75, 3.05) is 12.8 Å². The predicted molar refractivity (Wildman–Crippen MR) is 62.8 cm³/mol. The van der Waals surface area contributed by atoms with Crippen LogP contribution in [0.15, 0.2) is 0 Å². The Morgan fingerprint density at radius 2 is 1.87 bits per heavy atom. The molecule has 0 aromatic rings. The zero-order valence-corrected chi connectivity index (χ0v) is 10.7. The molecule has 1 unspecified atom stereocenters. The maximum atomic E-state index is 10.6. The lowest BCUT2D eigenvalue weighted by Gasteiger charge is -2.16. The van der Waals surface area contributed by atoms with Crippen molar-refractivity contribution in [2.24, 2.45) is 5.92 Å². The third-order valence-corrected chi connectivity index (χ3v) is 3.05. The van der Waals surface area contributed by atoms with Crippen LogP contribution >= 0.6 is 7.60 Å². The first-order chi connectivity index (χ1) is 6.99. The summed E-state index contributed by atoms with van der Waals surface area (Å²) in [6, 6.07) is 0. The minimum atomic E-state index is -3.88. The van der Waals surface area contributed by atoms with Crippen LogP contribution in [0, 0.1) is 5.92 Å². The molecule has 15 heavy (non-hydrogen) atoms. The Balaban J connectivity index is 3.70. The molecule has 1 atom stereocenters. The second-order valence-corrected chi connectivity index (χ2v) is 5.72. The molecule has 0 heterocycles. The standard InChI is InChI=1S/C10H24NO3P/c1-3-5-7-10(6-4-2)8-11-9-15(12,13)14/h10-11H,3-9H2,1-2H3,(H2,12,13,14). The molecule has 0 aliphatic carbocycles. The Morgan fingerprint density at radius 1 is 1.20 bits per heavy atom. The van der Waals surface area contributed by atoms with Gasteiger partial charge in [0.15, 0.2) is 0 Å². The monoisotopic (exact) mass is 237 g/mol. The molecule has 92 valence electrons. The summed E-state index contributed by atoms with van der Waals surface area (Å²) >= 11 is 0. The summed E-state index contributed by atoms with van der Waals surface area (Å²) in [4.78, 5) is 17.4. The minimum absolute atomic E-state index is 0.195. The number of unbranched alkanes of at least 4 members (excludes halogenated alkanes) is 1. The van der Waals surface area contributed by atoms with Gasteiger partial charge in [-0.15, -0.1) is 0 Å². The Bertz CT molecular complexity index is 193. The van der Waals surface area contributed by atoms with Gasteiger partial charge in [0, 0.05) is 0 Å². The van der Waals surface area contributed by atoms with E-state index in [2.05, 4.69) is 19.2 Å². The third-order valence-electron chi connectivity index (χ3n) is 2.41. The van der Waals surface area contributed by atoms with Crippen LogP contribution in [0.3, 0.4) is 0 Å². The predicted octanol–water partition coefficient (Wildman–Crippen LogP) is 2.32. The third kappa shape index (κ3) is 10.4. The van der Waals surface area contributed by atoms with E-state index in [0.29, 0.717) is 5.92 Å². The largest absolute Gasteiger partial charge is 0.339 e. The zero-order valence-electron chi connectivity index (χ0n) is 9.78. The summed E-state index contributed by atoms with van der Waals surface area (Å²) in [5, 5.41) is 2.86. The van der Waals surface area contributed by atoms with Crippen LogP contribution in [0.4, 0.5) is 0 Å². The molecule has 0 saturated carbocycles. The highest BCUT2D eigenvalue weighted by molar-refractivity contribution is 7.51. The molecule has 4 nitrogen and oxygen atoms in total. The van der Waals surface area contributed by atoms with E-state index in [-0.39, 0.29) is 6.29 Å². The fourth-order valence-electron chi connectivity index (χ4n) is 1.66. The van der Waals surface area contributed by atoms with Crippen LogP contribution in [-0.4, -0.2) is 22.6 Å². The Labute approximate surface area is 92.6 Å². The molecule has 0 bridgehead atoms. The fourth-order valence-corrected chi connectivity index (χ4v) is 2.08. The van der Waals surface area contributed by atoms with Crippen molar-refractivity contribution in [3.8, 4) is 0 Å². The van der Waals surface area contributed by atoms with E-state index in [1.807, 2.05) is 0 Å². The van der Waals surface area contributed by atoms with Crippen molar-refractivity contribution in [3.05, 3.63) is 0 Å². The van der Waals surface area contributed by atoms with Gasteiger partial charge < -0.3 is 15.1 Å². The van der Waals surface area contributed by atoms with Crippen LogP contribution in [0.2, 0.25) is 0 Å². The summed E-state index contributed by atoms with van der Waals surface area (Å²) in [6.07, 6.45) is 5.60. The van der Waals surface area contributed by atoms with Crippen molar-refractivity contribution in [1.82, 2.24) is 5.32 Å². The summed E-state index contributed by atoms with van der Waals surface area (Å²) in [5.41, 5.74) is 0. The van der Waals surface area contributed by atoms with E-state index in [0.717, 1.165) is 25.8 Å². The molecule has 3 N–H and O–H groups in total. The lowest BCUT2D eigenvalue weighted by Crippen LogP contribution is -2.24. The van der Waals surface area contributed by atoms with E-state index < -0.39 is 7.60 Å². The second kappa shape index (κ2) is 8.28. The zero-order chi connectivity index (χ0) is 11.7. The van der Waals surface area contributed by atoms with Crippen molar-refractivity contribution in [3.63, 3.8) is 0 Å². The molecule has 0 saturated heterocycles. The molecule has 0 aliphatic rings. The molecule has 0 radical (unpaired) electrons. The molecular weight excluding hydrogens is 213 g/mol. The molecule has 0 aromatic heterocycles. The smallest absolute Gasteiger partial charge is 0.324 e. The highest BCUT2D eigenvalue weighted by atomic mass is 31.2. The molecule has 0 amide bonds. The van der Waals surface area contributed by atoms with Gasteiger partial charge in [0.1, 0.15) is 0 Å². The second-order valence-electron chi connectivity index (χ2n) is 4.07. The van der Waals surface area contributed by atoms with Crippen LogP contribution in [0.25, 0.3) is 0 Å². The number of hydrogen-bond donors (Lipinski definition) is 3. The Morgan fingerprint density at radius 3 is 2.33 bits per heavy atom. The van der Waals surface area contributed by atoms with Crippen LogP contribution < -0.4 is 5.32 Å². The van der Waals surface area contributed by atoms with Crippen LogP contribution in [0.5, 0.6) is 0 Å². The van der Waals surface area contributed by atoms with Crippen molar-refractivity contribution >= 4 is 7.60 Å². The first-order valence-corrected chi connectivity index (χ1v) is 7.54. The van der Waals surface area contributed by atoms with Gasteiger partial charge in [-0.2, -0.15) is 0 Å². The lowest BCUT2D eigenvalue weighted by molar-refractivity contribution is 0.358. The summed E-state index contributed by atoms with van der Waals surface area (Å²) < 4.78 is 10.6. The van der Waals surface area contributed by atoms with Gasteiger partial charge in [0.2, 0.25) is 0 Å². The first-order valence-electron chi connectivity index (χ1n) is 5.74. The molecule has 0 aliphatic heterocycles. The van der Waals surface area contributed by atoms with Crippen molar-refractivity contribution in [1.29, 1.82) is 0 Å². The van der Waals surface area contributed by atoms with Gasteiger partial charge in [-0.1, -0.05) is 33.1 Å². The first kappa shape index (κ1) is 15.1. The molecule has 0 rings (SSSR count). The lowest BCUT2D eigenvalue weighted by atomic mass is 9.97. The summed E-state index contributed by atoms with van der Waals surface area (Å²) in [6.45, 7) is 5.02. The normalized spacial score (nSPS) is 14.1. The molecule has 0 fully saturated rings. The van der Waals surface area contributed by atoms with E-state index in [9.17, 15) is 4.57 Å². The number of nitrogens with one attached hydrogen (secondary N) is 1. The van der Waals surface area contributed by atoms with Crippen molar-refractivity contribution < 1.29 is 14.4 Å². The van der Waals surface area contributed by atoms with Gasteiger partial charge >= 0.3 is 7.60 Å². The van der Waals surface area contributed by atoms with Gasteiger partial charge in [-0.3, -0.25) is 4.57 Å². The van der Waals surface area contributed by atoms with Gasteiger partial charge in [0.25, 0.3) is 0 Å². The molecule has 0 aromatic carbocycles. The van der Waals surface area contributed by atoms with Gasteiger partial charge in [0.05, 0.1) is 6.29 Å². The van der Waals surface area contributed by atoms with E-state index >= 15 is 0 Å². The topological polar surface area (TPSA) is 69.6 Å². The maximum Gasteiger partial charge on any atom is 0.339 e. The fraction of sp³-hybridized carbons (Fsp3) is 1.00. The molecular formula is C10H24NO3P. The summed E-state index contributed by atoms with van der Waals surface area (Å²) in [7, 11) is -3.88. The highest BCUT2D eigenvalue weighted by Crippen LogP contribution is 2.32. The summed E-state index contributed by atoms with van der Waals surface area (Å²) in [5.74, 6) is 0.557. The molecule has 0 spiro atoms. The SMILES string of the molecule is CCCCC(CCC)CNCP(=O)(O)O. The van der Waals surface area contributed by atoms with Crippen molar-refractivity contribution in [2.45, 2.75) is 46.0 Å². The quantitative estimate of drug-likeness (QED) is 0.538. The average Bonchev–Trinajstić information content (AvgIpc) is 2.12. The van der Waals surface area contributed by atoms with Crippen LogP contribution in [0.1, 0.15) is 46.0 Å². The number of hydrogen-bond acceptors (Lipinski definition) is 2. The maximum absolute atomic E-state index is 10.6. The van der Waals surface area contributed by atoms with Gasteiger partial charge in [-0.25, -0.2) is 0 Å². The van der Waals surface area contributed by atoms with Gasteiger partial charge in [-0.05, 0) is 25.3 Å². The van der Waals surface area contributed by atoms with Crippen LogP contribution in [-0.2, 0) is 4.57 Å². The van der Waals surface area contributed by atoms with E-state index in [1.165, 1.54) is 12.8 Å².